The number of fused-ring (bicyclic) bond motifs is 2. The van der Waals surface area contributed by atoms with E-state index in [9.17, 15) is 0 Å². The molecule has 3 atom stereocenters. The summed E-state index contributed by atoms with van der Waals surface area (Å²) in [5, 5.41) is 0. The zero-order valence-corrected chi connectivity index (χ0v) is 10.2. The number of ether oxygens (including phenoxy) is 2. The lowest BCUT2D eigenvalue weighted by Gasteiger charge is -2.34. The largest absolute Gasteiger partial charge is 0.497 e. The van der Waals surface area contributed by atoms with Gasteiger partial charge in [0.1, 0.15) is 5.75 Å². The topological polar surface area (TPSA) is 44.5 Å². The molecule has 0 aromatic heterocycles. The minimum absolute atomic E-state index is 0.0114. The average molecular weight is 233 g/mol. The van der Waals surface area contributed by atoms with Gasteiger partial charge >= 0.3 is 0 Å². The van der Waals surface area contributed by atoms with Crippen LogP contribution in [0.1, 0.15) is 24.8 Å². The Morgan fingerprint density at radius 1 is 1.47 bits per heavy atom. The van der Waals surface area contributed by atoms with E-state index in [1.54, 1.807) is 7.11 Å². The summed E-state index contributed by atoms with van der Waals surface area (Å²) in [7, 11) is 1.70. The fraction of sp³-hybridized carbons (Fsp3) is 0.571. The Morgan fingerprint density at radius 3 is 2.94 bits per heavy atom. The van der Waals surface area contributed by atoms with Crippen LogP contribution in [-0.2, 0) is 10.2 Å². The Hall–Kier alpha value is -1.06. The number of methoxy groups -OCH3 is 1. The highest BCUT2D eigenvalue weighted by atomic mass is 16.5. The summed E-state index contributed by atoms with van der Waals surface area (Å²) in [6.07, 6.45) is 4.09. The van der Waals surface area contributed by atoms with Crippen LogP contribution in [0.4, 0.5) is 0 Å². The van der Waals surface area contributed by atoms with Gasteiger partial charge in [-0.3, -0.25) is 0 Å². The van der Waals surface area contributed by atoms with Gasteiger partial charge in [0.05, 0.1) is 19.3 Å². The third-order valence-electron chi connectivity index (χ3n) is 4.32. The van der Waals surface area contributed by atoms with E-state index < -0.39 is 0 Å². The van der Waals surface area contributed by atoms with Gasteiger partial charge in [-0.25, -0.2) is 0 Å². The van der Waals surface area contributed by atoms with E-state index in [-0.39, 0.29) is 5.41 Å². The normalized spacial score (nSPS) is 35.2. The first-order valence-corrected chi connectivity index (χ1v) is 6.28. The van der Waals surface area contributed by atoms with Gasteiger partial charge in [0.25, 0.3) is 0 Å². The van der Waals surface area contributed by atoms with Crippen LogP contribution in [0, 0.1) is 0 Å². The van der Waals surface area contributed by atoms with Gasteiger partial charge in [0, 0.05) is 12.0 Å². The zero-order valence-electron chi connectivity index (χ0n) is 10.2. The molecule has 2 aliphatic heterocycles. The molecule has 92 valence electrons. The van der Waals surface area contributed by atoms with E-state index in [4.69, 9.17) is 15.2 Å². The van der Waals surface area contributed by atoms with Gasteiger partial charge < -0.3 is 15.2 Å². The molecule has 0 spiro atoms. The average Bonchev–Trinajstić information content (AvgIpc) is 2.99. The minimum atomic E-state index is 0.0114. The highest BCUT2D eigenvalue weighted by molar-refractivity contribution is 5.37. The number of rotatable bonds is 3. The molecule has 3 rings (SSSR count). The van der Waals surface area contributed by atoms with Crippen molar-refractivity contribution in [3.63, 3.8) is 0 Å². The van der Waals surface area contributed by atoms with E-state index >= 15 is 0 Å². The van der Waals surface area contributed by atoms with Crippen LogP contribution in [0.5, 0.6) is 5.75 Å². The molecule has 0 amide bonds. The first-order valence-electron chi connectivity index (χ1n) is 6.28. The van der Waals surface area contributed by atoms with Crippen molar-refractivity contribution >= 4 is 0 Å². The van der Waals surface area contributed by atoms with Crippen molar-refractivity contribution in [1.82, 2.24) is 0 Å². The van der Waals surface area contributed by atoms with Crippen molar-refractivity contribution in [2.45, 2.75) is 36.9 Å². The van der Waals surface area contributed by atoms with E-state index in [0.717, 1.165) is 18.6 Å². The molecule has 17 heavy (non-hydrogen) atoms. The Bertz CT molecular complexity index is 420. The summed E-state index contributed by atoms with van der Waals surface area (Å²) >= 11 is 0. The molecule has 3 unspecified atom stereocenters. The molecule has 1 aromatic carbocycles. The molecule has 2 bridgehead atoms. The molecule has 2 heterocycles. The van der Waals surface area contributed by atoms with Crippen molar-refractivity contribution in [2.24, 2.45) is 5.73 Å². The second kappa shape index (κ2) is 4.00. The van der Waals surface area contributed by atoms with Crippen molar-refractivity contribution < 1.29 is 9.47 Å². The highest BCUT2D eigenvalue weighted by Crippen LogP contribution is 2.49. The molecular formula is C14H19NO2. The maximum absolute atomic E-state index is 6.06. The van der Waals surface area contributed by atoms with Crippen molar-refractivity contribution in [2.75, 3.05) is 13.7 Å². The molecule has 2 saturated heterocycles. The summed E-state index contributed by atoms with van der Waals surface area (Å²) in [6.45, 7) is 0.654. The van der Waals surface area contributed by atoms with Crippen molar-refractivity contribution in [1.29, 1.82) is 0 Å². The Morgan fingerprint density at radius 2 is 2.35 bits per heavy atom. The summed E-state index contributed by atoms with van der Waals surface area (Å²) < 4.78 is 11.3. The summed E-state index contributed by atoms with van der Waals surface area (Å²) in [5.41, 5.74) is 7.34. The maximum atomic E-state index is 6.06. The lowest BCUT2D eigenvalue weighted by molar-refractivity contribution is 0.0857. The van der Waals surface area contributed by atoms with Crippen LogP contribution in [0.25, 0.3) is 0 Å². The monoisotopic (exact) mass is 233 g/mol. The second-order valence-electron chi connectivity index (χ2n) is 5.12. The number of nitrogens with two attached hydrogens (primary N) is 1. The molecule has 3 heteroatoms. The fourth-order valence-electron chi connectivity index (χ4n) is 3.37. The van der Waals surface area contributed by atoms with Crippen LogP contribution in [-0.4, -0.2) is 25.9 Å². The van der Waals surface area contributed by atoms with Crippen molar-refractivity contribution in [3.05, 3.63) is 29.8 Å². The van der Waals surface area contributed by atoms with Crippen LogP contribution in [0.2, 0.25) is 0 Å². The molecule has 0 radical (unpaired) electrons. The predicted octanol–water partition coefficient (Wildman–Crippen LogP) is 1.84. The molecule has 3 nitrogen and oxygen atoms in total. The van der Waals surface area contributed by atoms with E-state index in [1.807, 2.05) is 12.1 Å². The molecule has 1 aromatic rings. The molecular weight excluding hydrogens is 214 g/mol. The smallest absolute Gasteiger partial charge is 0.119 e. The van der Waals surface area contributed by atoms with E-state index in [2.05, 4.69) is 12.1 Å². The van der Waals surface area contributed by atoms with Gasteiger partial charge in [0.2, 0.25) is 0 Å². The second-order valence-corrected chi connectivity index (χ2v) is 5.12. The molecule has 0 saturated carbocycles. The Kier molecular flexibility index (Phi) is 2.60. The lowest BCUT2D eigenvalue weighted by atomic mass is 9.69. The third-order valence-corrected chi connectivity index (χ3v) is 4.32. The minimum Gasteiger partial charge on any atom is -0.497 e. The zero-order chi connectivity index (χ0) is 11.9. The van der Waals surface area contributed by atoms with Gasteiger partial charge in [-0.15, -0.1) is 0 Å². The number of benzene rings is 1. The Labute approximate surface area is 102 Å². The molecule has 2 N–H and O–H groups in total. The van der Waals surface area contributed by atoms with E-state index in [1.165, 1.54) is 12.0 Å². The lowest BCUT2D eigenvalue weighted by Crippen LogP contribution is -2.43. The van der Waals surface area contributed by atoms with Crippen LogP contribution in [0.3, 0.4) is 0 Å². The van der Waals surface area contributed by atoms with E-state index in [0.29, 0.717) is 18.8 Å². The van der Waals surface area contributed by atoms with Gasteiger partial charge in [0.15, 0.2) is 0 Å². The van der Waals surface area contributed by atoms with Crippen LogP contribution >= 0.6 is 0 Å². The standard InChI is InChI=1S/C14H19NO2/c1-16-11-4-2-3-10(7-11)14(9-15)8-12-5-6-13(14)17-12/h2-4,7,12-13H,5-6,8-9,15H2,1H3. The highest BCUT2D eigenvalue weighted by Gasteiger charge is 2.52. The van der Waals surface area contributed by atoms with Crippen LogP contribution in [0.15, 0.2) is 24.3 Å². The summed E-state index contributed by atoms with van der Waals surface area (Å²) in [5.74, 6) is 0.901. The third kappa shape index (κ3) is 1.57. The number of hydrogen-bond donors (Lipinski definition) is 1. The maximum Gasteiger partial charge on any atom is 0.119 e. The fourth-order valence-corrected chi connectivity index (χ4v) is 3.37. The first-order chi connectivity index (χ1) is 8.28. The van der Waals surface area contributed by atoms with Crippen molar-refractivity contribution in [3.8, 4) is 5.75 Å². The summed E-state index contributed by atoms with van der Waals surface area (Å²) in [4.78, 5) is 0. The molecule has 2 fully saturated rings. The van der Waals surface area contributed by atoms with Crippen LogP contribution < -0.4 is 10.5 Å². The quantitative estimate of drug-likeness (QED) is 0.866. The Balaban J connectivity index is 2.00. The molecule has 0 aliphatic carbocycles. The predicted molar refractivity (Wildman–Crippen MR) is 66.2 cm³/mol. The summed E-state index contributed by atoms with van der Waals surface area (Å²) in [6, 6.07) is 8.27. The molecule has 2 aliphatic rings. The van der Waals surface area contributed by atoms with Gasteiger partial charge in [-0.2, -0.15) is 0 Å². The SMILES string of the molecule is COc1cccc(C2(CN)CC3CCC2O3)c1. The van der Waals surface area contributed by atoms with Gasteiger partial charge in [-0.1, -0.05) is 12.1 Å². The van der Waals surface area contributed by atoms with Gasteiger partial charge in [-0.05, 0) is 37.0 Å². The first kappa shape index (κ1) is 11.1. The number of hydrogen-bond acceptors (Lipinski definition) is 3.